The van der Waals surface area contributed by atoms with Crippen LogP contribution in [-0.4, -0.2) is 59.7 Å². The van der Waals surface area contributed by atoms with Gasteiger partial charge < -0.3 is 24.9 Å². The average molecular weight is 510 g/mol. The molecule has 0 spiro atoms. The first kappa shape index (κ1) is 26.9. The molecule has 1 aliphatic rings. The molecule has 1 heterocycles. The molecule has 3 atom stereocenters. The highest BCUT2D eigenvalue weighted by molar-refractivity contribution is 7.91. The van der Waals surface area contributed by atoms with Crippen LogP contribution in [0.3, 0.4) is 0 Å². The molecule has 3 rings (SSSR count). The van der Waals surface area contributed by atoms with Crippen molar-refractivity contribution in [3.05, 3.63) is 30.2 Å². The Labute approximate surface area is 205 Å². The smallest absolute Gasteiger partial charge is 0.408 e. The van der Waals surface area contributed by atoms with E-state index >= 15 is 0 Å². The maximum atomic E-state index is 13.2. The number of nitrogens with zero attached hydrogens (tertiary/aromatic N) is 1. The summed E-state index contributed by atoms with van der Waals surface area (Å²) in [5, 5.41) is 16.0. The summed E-state index contributed by atoms with van der Waals surface area (Å²) in [6.07, 6.45) is 0.504. The number of fused-ring (bicyclic) bond motifs is 1. The highest BCUT2D eigenvalue weighted by Gasteiger charge is 2.35. The van der Waals surface area contributed by atoms with E-state index in [1.54, 1.807) is 45.0 Å². The predicted molar refractivity (Wildman–Crippen MR) is 130 cm³/mol. The van der Waals surface area contributed by atoms with Crippen LogP contribution in [0.1, 0.15) is 65.4 Å². The van der Waals surface area contributed by atoms with Gasteiger partial charge in [-0.1, -0.05) is 25.5 Å². The van der Waals surface area contributed by atoms with Gasteiger partial charge in [0, 0.05) is 0 Å². The lowest BCUT2D eigenvalue weighted by Crippen LogP contribution is -2.54. The van der Waals surface area contributed by atoms with Crippen LogP contribution >= 0.6 is 0 Å². The van der Waals surface area contributed by atoms with Gasteiger partial charge in [0.15, 0.2) is 21.5 Å². The minimum atomic E-state index is -3.61. The molecule has 1 aromatic heterocycles. The van der Waals surface area contributed by atoms with Crippen LogP contribution in [0.2, 0.25) is 0 Å². The number of hydrogen-bond acceptors (Lipinski definition) is 8. The van der Waals surface area contributed by atoms with Crippen LogP contribution in [0, 0.1) is 5.92 Å². The van der Waals surface area contributed by atoms with Crippen LogP contribution in [-0.2, 0) is 19.4 Å². The number of oxazole rings is 1. The maximum Gasteiger partial charge on any atom is 0.408 e. The molecule has 194 valence electrons. The third-order valence-electron chi connectivity index (χ3n) is 5.49. The molecule has 1 fully saturated rings. The monoisotopic (exact) mass is 509 g/mol. The van der Waals surface area contributed by atoms with Crippen molar-refractivity contribution in [2.45, 2.75) is 77.2 Å². The molecule has 1 saturated carbocycles. The van der Waals surface area contributed by atoms with Crippen LogP contribution in [0.25, 0.3) is 11.1 Å². The van der Waals surface area contributed by atoms with Gasteiger partial charge in [-0.3, -0.25) is 4.79 Å². The Morgan fingerprint density at radius 2 is 1.91 bits per heavy atom. The second kappa shape index (κ2) is 10.9. The normalized spacial score (nSPS) is 16.9. The number of aliphatic hydroxyl groups excluding tert-OH is 1. The molecule has 3 N–H and O–H groups in total. The van der Waals surface area contributed by atoms with Crippen molar-refractivity contribution < 1.29 is 32.3 Å². The number of alkyl carbamates (subject to hydrolysis) is 1. The first-order valence-corrected chi connectivity index (χ1v) is 13.7. The Kier molecular flexibility index (Phi) is 8.42. The number of nitrogens with one attached hydrogen (secondary N) is 2. The zero-order valence-corrected chi connectivity index (χ0v) is 21.4. The molecule has 35 heavy (non-hydrogen) atoms. The van der Waals surface area contributed by atoms with E-state index in [2.05, 4.69) is 15.6 Å². The summed E-state index contributed by atoms with van der Waals surface area (Å²) in [5.41, 5.74) is 0.240. The van der Waals surface area contributed by atoms with Crippen LogP contribution in [0.5, 0.6) is 0 Å². The van der Waals surface area contributed by atoms with E-state index < -0.39 is 51.4 Å². The molecule has 1 aromatic carbocycles. The molecule has 0 bridgehead atoms. The van der Waals surface area contributed by atoms with Crippen molar-refractivity contribution in [1.29, 1.82) is 0 Å². The highest BCUT2D eigenvalue weighted by atomic mass is 32.2. The van der Waals surface area contributed by atoms with Gasteiger partial charge in [0.25, 0.3) is 0 Å². The largest absolute Gasteiger partial charge is 0.444 e. The van der Waals surface area contributed by atoms with Crippen LogP contribution in [0.4, 0.5) is 4.79 Å². The summed E-state index contributed by atoms with van der Waals surface area (Å²) in [6.45, 7) is 6.88. The molecule has 10 nitrogen and oxygen atoms in total. The number of aromatic nitrogens is 1. The fourth-order valence-corrected chi connectivity index (χ4v) is 5.62. The molecule has 0 aliphatic heterocycles. The molecule has 1 aliphatic carbocycles. The maximum absolute atomic E-state index is 13.2. The molecular weight excluding hydrogens is 474 g/mol. The van der Waals surface area contributed by atoms with Crippen molar-refractivity contribution in [3.8, 4) is 0 Å². The third-order valence-corrected chi connectivity index (χ3v) is 7.31. The van der Waals surface area contributed by atoms with Gasteiger partial charge in [0.05, 0.1) is 17.5 Å². The van der Waals surface area contributed by atoms with Gasteiger partial charge >= 0.3 is 6.09 Å². The molecule has 0 radical (unpaired) electrons. The Morgan fingerprint density at radius 3 is 2.51 bits per heavy atom. The zero-order valence-electron chi connectivity index (χ0n) is 20.6. The van der Waals surface area contributed by atoms with Crippen molar-refractivity contribution in [2.75, 3.05) is 11.5 Å². The summed E-state index contributed by atoms with van der Waals surface area (Å²) in [7, 11) is -3.61. The molecular formula is C24H35N3O7S. The summed E-state index contributed by atoms with van der Waals surface area (Å²) >= 11 is 0. The van der Waals surface area contributed by atoms with E-state index in [1.165, 1.54) is 0 Å². The first-order chi connectivity index (χ1) is 16.4. The van der Waals surface area contributed by atoms with E-state index in [1.807, 2.05) is 6.92 Å². The number of aliphatic hydroxyl groups is 1. The quantitative estimate of drug-likeness (QED) is 0.419. The van der Waals surface area contributed by atoms with E-state index in [0.717, 1.165) is 12.8 Å². The third kappa shape index (κ3) is 8.21. The standard InChI is InChI=1S/C24H35N3O7S/c1-5-8-17(20(28)22-26-16-9-6-7-10-19(16)33-22)25-21(29)18(27-23(30)34-24(2,3)4)14-35(31,32)13-15-11-12-15/h6-7,9-10,15,17-18,20,28H,5,8,11-14H2,1-4H3,(H,25,29)(H,27,30)/t17?,18-,20?/m0/s1. The van der Waals surface area contributed by atoms with Gasteiger partial charge in [0.1, 0.15) is 17.2 Å². The molecule has 2 aromatic rings. The first-order valence-electron chi connectivity index (χ1n) is 11.9. The van der Waals surface area contributed by atoms with Crippen LogP contribution in [0.15, 0.2) is 28.7 Å². The summed E-state index contributed by atoms with van der Waals surface area (Å²) < 4.78 is 36.2. The van der Waals surface area contributed by atoms with Gasteiger partial charge in [-0.2, -0.15) is 0 Å². The Hall–Kier alpha value is -2.66. The van der Waals surface area contributed by atoms with Crippen molar-refractivity contribution in [3.63, 3.8) is 0 Å². The van der Waals surface area contributed by atoms with E-state index in [0.29, 0.717) is 23.9 Å². The molecule has 11 heteroatoms. The fourth-order valence-electron chi connectivity index (χ4n) is 3.69. The number of carbonyl (C=O) groups is 2. The lowest BCUT2D eigenvalue weighted by molar-refractivity contribution is -0.124. The lowest BCUT2D eigenvalue weighted by atomic mass is 10.0. The zero-order chi connectivity index (χ0) is 25.8. The fraction of sp³-hybridized carbons (Fsp3) is 0.625. The van der Waals surface area contributed by atoms with Crippen molar-refractivity contribution >= 4 is 32.9 Å². The Bertz CT molecular complexity index is 1100. The number of amides is 2. The number of para-hydroxylation sites is 2. The minimum Gasteiger partial charge on any atom is -0.444 e. The van der Waals surface area contributed by atoms with Gasteiger partial charge in [-0.05, 0) is 58.1 Å². The van der Waals surface area contributed by atoms with Crippen LogP contribution < -0.4 is 10.6 Å². The second-order valence-corrected chi connectivity index (χ2v) is 12.2. The van der Waals surface area contributed by atoms with Gasteiger partial charge in [0.2, 0.25) is 11.8 Å². The number of benzene rings is 1. The SMILES string of the molecule is CCCC(NC(=O)[C@H](CS(=O)(=O)CC1CC1)NC(=O)OC(C)(C)C)C(O)c1nc2ccccc2o1. The Morgan fingerprint density at radius 1 is 1.23 bits per heavy atom. The number of hydrogen-bond donors (Lipinski definition) is 3. The van der Waals surface area contributed by atoms with Crippen molar-refractivity contribution in [1.82, 2.24) is 15.6 Å². The summed E-state index contributed by atoms with van der Waals surface area (Å²) in [5.74, 6) is -1.19. The van der Waals surface area contributed by atoms with E-state index in [-0.39, 0.29) is 17.6 Å². The minimum absolute atomic E-state index is 0.0311. The summed E-state index contributed by atoms with van der Waals surface area (Å²) in [6, 6.07) is 4.84. The topological polar surface area (TPSA) is 148 Å². The van der Waals surface area contributed by atoms with Gasteiger partial charge in [-0.25, -0.2) is 18.2 Å². The van der Waals surface area contributed by atoms with Crippen molar-refractivity contribution in [2.24, 2.45) is 5.92 Å². The predicted octanol–water partition coefficient (Wildman–Crippen LogP) is 2.86. The number of ether oxygens (including phenoxy) is 1. The highest BCUT2D eigenvalue weighted by Crippen LogP contribution is 2.30. The lowest BCUT2D eigenvalue weighted by Gasteiger charge is -2.26. The molecule has 2 amide bonds. The van der Waals surface area contributed by atoms with E-state index in [4.69, 9.17) is 9.15 Å². The number of carbonyl (C=O) groups excluding carboxylic acids is 2. The second-order valence-electron chi connectivity index (χ2n) is 10.1. The van der Waals surface area contributed by atoms with Gasteiger partial charge in [-0.15, -0.1) is 0 Å². The summed E-state index contributed by atoms with van der Waals surface area (Å²) in [4.78, 5) is 29.9. The molecule has 0 saturated heterocycles. The number of rotatable bonds is 11. The van der Waals surface area contributed by atoms with E-state index in [9.17, 15) is 23.1 Å². The Balaban J connectivity index is 1.77. The molecule has 2 unspecified atom stereocenters. The number of sulfone groups is 1. The average Bonchev–Trinajstić information content (AvgIpc) is 3.43.